The minimum atomic E-state index is -0.320. The Morgan fingerprint density at radius 2 is 2.38 bits per heavy atom. The molecule has 1 saturated heterocycles. The summed E-state index contributed by atoms with van der Waals surface area (Å²) in [7, 11) is 0. The SMILES string of the molecule is Cc1cccc(N)c1NC(=O)C1CCCO1. The molecule has 86 valence electrons. The molecule has 1 atom stereocenters. The fourth-order valence-electron chi connectivity index (χ4n) is 1.85. The van der Waals surface area contributed by atoms with Crippen LogP contribution in [0.4, 0.5) is 11.4 Å². The normalized spacial score (nSPS) is 19.7. The highest BCUT2D eigenvalue weighted by Gasteiger charge is 2.24. The molecule has 1 heterocycles. The van der Waals surface area contributed by atoms with Gasteiger partial charge in [0.25, 0.3) is 5.91 Å². The predicted octanol–water partition coefficient (Wildman–Crippen LogP) is 1.69. The highest BCUT2D eigenvalue weighted by atomic mass is 16.5. The van der Waals surface area contributed by atoms with Crippen LogP contribution >= 0.6 is 0 Å². The van der Waals surface area contributed by atoms with Crippen molar-refractivity contribution in [3.63, 3.8) is 0 Å². The summed E-state index contributed by atoms with van der Waals surface area (Å²) in [6.45, 7) is 2.59. The maximum absolute atomic E-state index is 11.8. The van der Waals surface area contributed by atoms with E-state index in [0.29, 0.717) is 18.0 Å². The van der Waals surface area contributed by atoms with Crippen molar-refractivity contribution < 1.29 is 9.53 Å². The van der Waals surface area contributed by atoms with E-state index in [9.17, 15) is 4.79 Å². The lowest BCUT2D eigenvalue weighted by Crippen LogP contribution is -2.27. The van der Waals surface area contributed by atoms with Gasteiger partial charge in [-0.15, -0.1) is 0 Å². The van der Waals surface area contributed by atoms with Crippen LogP contribution in [0.5, 0.6) is 0 Å². The van der Waals surface area contributed by atoms with Crippen molar-refractivity contribution in [1.29, 1.82) is 0 Å². The number of ether oxygens (including phenoxy) is 1. The van der Waals surface area contributed by atoms with Crippen molar-refractivity contribution in [2.45, 2.75) is 25.9 Å². The van der Waals surface area contributed by atoms with E-state index in [1.54, 1.807) is 6.07 Å². The Morgan fingerprint density at radius 3 is 3.00 bits per heavy atom. The predicted molar refractivity (Wildman–Crippen MR) is 63.2 cm³/mol. The summed E-state index contributed by atoms with van der Waals surface area (Å²) in [5, 5.41) is 2.83. The molecule has 1 fully saturated rings. The Labute approximate surface area is 94.8 Å². The van der Waals surface area contributed by atoms with Gasteiger partial charge in [-0.2, -0.15) is 0 Å². The number of aryl methyl sites for hydroxylation is 1. The first-order valence-electron chi connectivity index (χ1n) is 5.46. The lowest BCUT2D eigenvalue weighted by molar-refractivity contribution is -0.124. The van der Waals surface area contributed by atoms with E-state index in [4.69, 9.17) is 10.5 Å². The van der Waals surface area contributed by atoms with Gasteiger partial charge in [-0.25, -0.2) is 0 Å². The molecular formula is C12H16N2O2. The van der Waals surface area contributed by atoms with Gasteiger partial charge in [-0.05, 0) is 31.4 Å². The Morgan fingerprint density at radius 1 is 1.56 bits per heavy atom. The van der Waals surface area contributed by atoms with Crippen LogP contribution in [0.2, 0.25) is 0 Å². The number of nitrogens with one attached hydrogen (secondary N) is 1. The van der Waals surface area contributed by atoms with Crippen molar-refractivity contribution in [2.75, 3.05) is 17.7 Å². The Bertz CT molecular complexity index is 378. The van der Waals surface area contributed by atoms with Crippen LogP contribution in [0.15, 0.2) is 18.2 Å². The van der Waals surface area contributed by atoms with E-state index >= 15 is 0 Å². The second-order valence-electron chi connectivity index (χ2n) is 4.03. The molecule has 1 aromatic carbocycles. The van der Waals surface area contributed by atoms with Crippen LogP contribution in [0.3, 0.4) is 0 Å². The molecule has 1 aromatic rings. The third-order valence-electron chi connectivity index (χ3n) is 2.78. The summed E-state index contributed by atoms with van der Waals surface area (Å²) in [4.78, 5) is 11.8. The molecule has 0 bridgehead atoms. The Balaban J connectivity index is 2.11. The number of amides is 1. The Kier molecular flexibility index (Phi) is 3.10. The van der Waals surface area contributed by atoms with Gasteiger partial charge in [0.15, 0.2) is 0 Å². The lowest BCUT2D eigenvalue weighted by atomic mass is 10.1. The van der Waals surface area contributed by atoms with Gasteiger partial charge >= 0.3 is 0 Å². The summed E-state index contributed by atoms with van der Waals surface area (Å²) >= 11 is 0. The number of carbonyl (C=O) groups excluding carboxylic acids is 1. The number of nitrogens with two attached hydrogens (primary N) is 1. The zero-order chi connectivity index (χ0) is 11.5. The minimum absolute atomic E-state index is 0.0986. The first kappa shape index (κ1) is 11.0. The zero-order valence-corrected chi connectivity index (χ0v) is 9.32. The van der Waals surface area contributed by atoms with Gasteiger partial charge < -0.3 is 15.8 Å². The third-order valence-corrected chi connectivity index (χ3v) is 2.78. The molecule has 0 radical (unpaired) electrons. The topological polar surface area (TPSA) is 64.3 Å². The molecule has 0 aliphatic carbocycles. The minimum Gasteiger partial charge on any atom is -0.397 e. The van der Waals surface area contributed by atoms with Crippen molar-refractivity contribution in [3.05, 3.63) is 23.8 Å². The van der Waals surface area contributed by atoms with Crippen molar-refractivity contribution in [1.82, 2.24) is 0 Å². The Hall–Kier alpha value is -1.55. The van der Waals surface area contributed by atoms with Gasteiger partial charge in [-0.3, -0.25) is 4.79 Å². The van der Waals surface area contributed by atoms with Crippen molar-refractivity contribution in [2.24, 2.45) is 0 Å². The molecule has 4 heteroatoms. The second kappa shape index (κ2) is 4.53. The first-order chi connectivity index (χ1) is 7.68. The molecule has 4 nitrogen and oxygen atoms in total. The molecular weight excluding hydrogens is 204 g/mol. The van der Waals surface area contributed by atoms with Gasteiger partial charge in [0.2, 0.25) is 0 Å². The molecule has 2 rings (SSSR count). The van der Waals surface area contributed by atoms with Crippen molar-refractivity contribution >= 4 is 17.3 Å². The van der Waals surface area contributed by atoms with E-state index < -0.39 is 0 Å². The van der Waals surface area contributed by atoms with E-state index in [1.165, 1.54) is 0 Å². The van der Waals surface area contributed by atoms with Crippen LogP contribution in [-0.4, -0.2) is 18.6 Å². The quantitative estimate of drug-likeness (QED) is 0.745. The van der Waals surface area contributed by atoms with Gasteiger partial charge in [-0.1, -0.05) is 12.1 Å². The van der Waals surface area contributed by atoms with E-state index in [2.05, 4.69) is 5.32 Å². The fourth-order valence-corrected chi connectivity index (χ4v) is 1.85. The number of benzene rings is 1. The van der Waals surface area contributed by atoms with Crippen LogP contribution < -0.4 is 11.1 Å². The molecule has 1 amide bonds. The third kappa shape index (κ3) is 2.17. The maximum atomic E-state index is 11.8. The van der Waals surface area contributed by atoms with Crippen LogP contribution in [0.25, 0.3) is 0 Å². The number of hydrogen-bond donors (Lipinski definition) is 2. The zero-order valence-electron chi connectivity index (χ0n) is 9.32. The number of rotatable bonds is 2. The standard InChI is InChI=1S/C12H16N2O2/c1-8-4-2-5-9(13)11(8)14-12(15)10-6-3-7-16-10/h2,4-5,10H,3,6-7,13H2,1H3,(H,14,15). The highest BCUT2D eigenvalue weighted by Crippen LogP contribution is 2.23. The largest absolute Gasteiger partial charge is 0.397 e. The molecule has 0 saturated carbocycles. The van der Waals surface area contributed by atoms with Crippen LogP contribution in [0.1, 0.15) is 18.4 Å². The second-order valence-corrected chi connectivity index (χ2v) is 4.03. The van der Waals surface area contributed by atoms with Crippen LogP contribution in [0, 0.1) is 6.92 Å². The summed E-state index contributed by atoms with van der Waals surface area (Å²) in [5.41, 5.74) is 8.06. The maximum Gasteiger partial charge on any atom is 0.253 e. The summed E-state index contributed by atoms with van der Waals surface area (Å²) < 4.78 is 5.31. The van der Waals surface area contributed by atoms with E-state index in [1.807, 2.05) is 19.1 Å². The van der Waals surface area contributed by atoms with E-state index in [-0.39, 0.29) is 12.0 Å². The first-order valence-corrected chi connectivity index (χ1v) is 5.46. The molecule has 3 N–H and O–H groups in total. The number of para-hydroxylation sites is 1. The smallest absolute Gasteiger partial charge is 0.253 e. The lowest BCUT2D eigenvalue weighted by Gasteiger charge is -2.14. The summed E-state index contributed by atoms with van der Waals surface area (Å²) in [5.74, 6) is -0.0986. The summed E-state index contributed by atoms with van der Waals surface area (Å²) in [6.07, 6.45) is 1.41. The molecule has 16 heavy (non-hydrogen) atoms. The number of nitrogen functional groups attached to an aromatic ring is 1. The van der Waals surface area contributed by atoms with Crippen molar-refractivity contribution in [3.8, 4) is 0 Å². The number of anilines is 2. The average molecular weight is 220 g/mol. The molecule has 1 unspecified atom stereocenters. The fraction of sp³-hybridized carbons (Fsp3) is 0.417. The number of carbonyl (C=O) groups is 1. The van der Waals surface area contributed by atoms with E-state index in [0.717, 1.165) is 18.4 Å². The molecule has 0 aromatic heterocycles. The average Bonchev–Trinajstić information content (AvgIpc) is 2.76. The van der Waals surface area contributed by atoms with Gasteiger partial charge in [0.05, 0.1) is 11.4 Å². The summed E-state index contributed by atoms with van der Waals surface area (Å²) in [6, 6.07) is 5.56. The molecule has 1 aliphatic rings. The monoisotopic (exact) mass is 220 g/mol. The number of hydrogen-bond acceptors (Lipinski definition) is 3. The van der Waals surface area contributed by atoms with Crippen LogP contribution in [-0.2, 0) is 9.53 Å². The van der Waals surface area contributed by atoms with Gasteiger partial charge in [0, 0.05) is 6.61 Å². The molecule has 1 aliphatic heterocycles. The van der Waals surface area contributed by atoms with Gasteiger partial charge in [0.1, 0.15) is 6.10 Å². The highest BCUT2D eigenvalue weighted by molar-refractivity contribution is 5.97. The molecule has 0 spiro atoms.